The van der Waals surface area contributed by atoms with Crippen molar-refractivity contribution in [3.05, 3.63) is 42.2 Å². The lowest BCUT2D eigenvalue weighted by atomic mass is 10.2. The maximum Gasteiger partial charge on any atom is 0.252 e. The summed E-state index contributed by atoms with van der Waals surface area (Å²) in [6.45, 7) is 1.71. The van der Waals surface area contributed by atoms with E-state index in [1.54, 1.807) is 13.2 Å². The van der Waals surface area contributed by atoms with Gasteiger partial charge in [-0.3, -0.25) is 4.79 Å². The monoisotopic (exact) mass is 324 g/mol. The van der Waals surface area contributed by atoms with E-state index >= 15 is 0 Å². The Morgan fingerprint density at radius 2 is 2.12 bits per heavy atom. The van der Waals surface area contributed by atoms with E-state index in [9.17, 15) is 4.79 Å². The number of amides is 1. The summed E-state index contributed by atoms with van der Waals surface area (Å²) in [6.07, 6.45) is 3.80. The Kier molecular flexibility index (Phi) is 3.56. The van der Waals surface area contributed by atoms with Gasteiger partial charge in [0.05, 0.1) is 0 Å². The SMILES string of the molecule is CC(C(=O)Nc1nocc1C1CC1)n1nnc(-c2ccccc2)n1. The number of carbonyl (C=O) groups excluding carboxylic acids is 1. The Morgan fingerprint density at radius 1 is 1.33 bits per heavy atom. The summed E-state index contributed by atoms with van der Waals surface area (Å²) in [5.74, 6) is 1.15. The molecular weight excluding hydrogens is 308 g/mol. The van der Waals surface area contributed by atoms with Crippen molar-refractivity contribution in [2.45, 2.75) is 31.7 Å². The molecule has 0 bridgehead atoms. The molecule has 0 spiro atoms. The van der Waals surface area contributed by atoms with Crippen LogP contribution in [0.1, 0.15) is 37.3 Å². The van der Waals surface area contributed by atoms with Crippen LogP contribution in [0.5, 0.6) is 0 Å². The van der Waals surface area contributed by atoms with Crippen LogP contribution in [0.25, 0.3) is 11.4 Å². The Morgan fingerprint density at radius 3 is 2.88 bits per heavy atom. The molecule has 1 aliphatic rings. The number of anilines is 1. The zero-order valence-corrected chi connectivity index (χ0v) is 13.1. The quantitative estimate of drug-likeness (QED) is 0.774. The highest BCUT2D eigenvalue weighted by molar-refractivity contribution is 5.93. The Hall–Kier alpha value is -3.03. The van der Waals surface area contributed by atoms with Crippen LogP contribution in [0, 0.1) is 0 Å². The molecule has 1 saturated carbocycles. The Balaban J connectivity index is 1.49. The van der Waals surface area contributed by atoms with Gasteiger partial charge in [-0.1, -0.05) is 35.5 Å². The standard InChI is InChI=1S/C16H16N6O2/c1-10(16(23)17-15-13(9-24-20-15)11-7-8-11)22-19-14(18-21-22)12-5-3-2-4-6-12/h2-6,9-11H,7-8H2,1H3,(H,17,20,23). The molecular formula is C16H16N6O2. The molecule has 0 saturated heterocycles. The fourth-order valence-electron chi connectivity index (χ4n) is 2.44. The van der Waals surface area contributed by atoms with Crippen molar-refractivity contribution in [3.63, 3.8) is 0 Å². The van der Waals surface area contributed by atoms with Gasteiger partial charge in [-0.05, 0) is 30.9 Å². The lowest BCUT2D eigenvalue weighted by Crippen LogP contribution is -2.26. The summed E-state index contributed by atoms with van der Waals surface area (Å²) in [4.78, 5) is 13.7. The predicted octanol–water partition coefficient (Wildman–Crippen LogP) is 2.41. The van der Waals surface area contributed by atoms with Crippen molar-refractivity contribution in [1.29, 1.82) is 0 Å². The average molecular weight is 324 g/mol. The van der Waals surface area contributed by atoms with Gasteiger partial charge in [-0.15, -0.1) is 10.2 Å². The van der Waals surface area contributed by atoms with Gasteiger partial charge in [0.25, 0.3) is 5.91 Å². The summed E-state index contributed by atoms with van der Waals surface area (Å²) >= 11 is 0. The van der Waals surface area contributed by atoms with E-state index in [4.69, 9.17) is 4.52 Å². The fourth-order valence-corrected chi connectivity index (χ4v) is 2.44. The maximum absolute atomic E-state index is 12.4. The van der Waals surface area contributed by atoms with Gasteiger partial charge in [0, 0.05) is 11.1 Å². The number of hydrogen-bond donors (Lipinski definition) is 1. The first-order valence-electron chi connectivity index (χ1n) is 7.82. The van der Waals surface area contributed by atoms with Crippen molar-refractivity contribution >= 4 is 11.7 Å². The summed E-state index contributed by atoms with van der Waals surface area (Å²) in [5.41, 5.74) is 1.80. The third kappa shape index (κ3) is 2.78. The van der Waals surface area contributed by atoms with Crippen molar-refractivity contribution in [3.8, 4) is 11.4 Å². The van der Waals surface area contributed by atoms with Crippen LogP contribution < -0.4 is 5.32 Å². The second-order valence-corrected chi connectivity index (χ2v) is 5.86. The number of hydrogen-bond acceptors (Lipinski definition) is 6. The third-order valence-corrected chi connectivity index (χ3v) is 4.04. The molecule has 2 heterocycles. The summed E-state index contributed by atoms with van der Waals surface area (Å²) < 4.78 is 4.98. The number of carbonyl (C=O) groups is 1. The molecule has 24 heavy (non-hydrogen) atoms. The zero-order valence-electron chi connectivity index (χ0n) is 13.1. The van der Waals surface area contributed by atoms with Crippen LogP contribution in [0.3, 0.4) is 0 Å². The zero-order chi connectivity index (χ0) is 16.5. The highest BCUT2D eigenvalue weighted by Gasteiger charge is 2.30. The average Bonchev–Trinajstić information content (AvgIpc) is 3.15. The summed E-state index contributed by atoms with van der Waals surface area (Å²) in [7, 11) is 0. The number of tetrazole rings is 1. The van der Waals surface area contributed by atoms with Crippen molar-refractivity contribution in [2.24, 2.45) is 0 Å². The molecule has 1 fully saturated rings. The molecule has 1 aliphatic carbocycles. The smallest absolute Gasteiger partial charge is 0.252 e. The molecule has 4 rings (SSSR count). The lowest BCUT2D eigenvalue weighted by Gasteiger charge is -2.09. The topological polar surface area (TPSA) is 98.7 Å². The minimum Gasteiger partial charge on any atom is -0.362 e. The largest absolute Gasteiger partial charge is 0.362 e. The van der Waals surface area contributed by atoms with Crippen LogP contribution >= 0.6 is 0 Å². The molecule has 1 N–H and O–H groups in total. The molecule has 1 unspecified atom stereocenters. The van der Waals surface area contributed by atoms with E-state index < -0.39 is 6.04 Å². The predicted molar refractivity (Wildman–Crippen MR) is 85.1 cm³/mol. The second kappa shape index (κ2) is 5.88. The number of nitrogens with zero attached hydrogens (tertiary/aromatic N) is 5. The lowest BCUT2D eigenvalue weighted by molar-refractivity contribution is -0.119. The van der Waals surface area contributed by atoms with Crippen LogP contribution in [0.4, 0.5) is 5.82 Å². The minimum absolute atomic E-state index is 0.261. The normalized spacial score (nSPS) is 15.2. The molecule has 8 nitrogen and oxygen atoms in total. The third-order valence-electron chi connectivity index (χ3n) is 4.04. The number of nitrogens with one attached hydrogen (secondary N) is 1. The van der Waals surface area contributed by atoms with E-state index in [-0.39, 0.29) is 5.91 Å². The minimum atomic E-state index is -0.612. The van der Waals surface area contributed by atoms with Crippen LogP contribution in [-0.2, 0) is 4.79 Å². The van der Waals surface area contributed by atoms with Crippen LogP contribution in [-0.4, -0.2) is 31.3 Å². The summed E-state index contributed by atoms with van der Waals surface area (Å²) in [5, 5.41) is 18.9. The van der Waals surface area contributed by atoms with E-state index in [1.165, 1.54) is 4.80 Å². The molecule has 8 heteroatoms. The molecule has 3 aromatic rings. The molecule has 2 aromatic heterocycles. The van der Waals surface area contributed by atoms with Crippen LogP contribution in [0.15, 0.2) is 41.1 Å². The van der Waals surface area contributed by atoms with Gasteiger partial charge in [0.1, 0.15) is 12.3 Å². The van der Waals surface area contributed by atoms with Gasteiger partial charge >= 0.3 is 0 Å². The molecule has 1 atom stereocenters. The first-order chi connectivity index (χ1) is 11.7. The fraction of sp³-hybridized carbons (Fsp3) is 0.312. The molecule has 1 amide bonds. The second-order valence-electron chi connectivity index (χ2n) is 5.86. The highest BCUT2D eigenvalue weighted by atomic mass is 16.5. The van der Waals surface area contributed by atoms with Crippen molar-refractivity contribution in [1.82, 2.24) is 25.4 Å². The Bertz CT molecular complexity index is 852. The van der Waals surface area contributed by atoms with Crippen LogP contribution in [0.2, 0.25) is 0 Å². The molecule has 0 aliphatic heterocycles. The molecule has 122 valence electrons. The van der Waals surface area contributed by atoms with Gasteiger partial charge in [-0.2, -0.15) is 4.80 Å². The number of aromatic nitrogens is 5. The molecule has 1 aromatic carbocycles. The highest BCUT2D eigenvalue weighted by Crippen LogP contribution is 2.43. The number of rotatable bonds is 5. The first kappa shape index (κ1) is 14.6. The maximum atomic E-state index is 12.4. The first-order valence-corrected chi connectivity index (χ1v) is 7.82. The summed E-state index contributed by atoms with van der Waals surface area (Å²) in [6, 6.07) is 8.89. The van der Waals surface area contributed by atoms with Gasteiger partial charge in [-0.25, -0.2) is 0 Å². The van der Waals surface area contributed by atoms with Gasteiger partial charge < -0.3 is 9.84 Å². The van der Waals surface area contributed by atoms with Crippen molar-refractivity contribution < 1.29 is 9.32 Å². The van der Waals surface area contributed by atoms with Gasteiger partial charge in [0.15, 0.2) is 5.82 Å². The van der Waals surface area contributed by atoms with E-state index in [2.05, 4.69) is 25.9 Å². The van der Waals surface area contributed by atoms with E-state index in [0.717, 1.165) is 24.0 Å². The van der Waals surface area contributed by atoms with E-state index in [1.807, 2.05) is 30.3 Å². The van der Waals surface area contributed by atoms with E-state index in [0.29, 0.717) is 17.6 Å². The Labute approximate surface area is 137 Å². The van der Waals surface area contributed by atoms with Gasteiger partial charge in [0.2, 0.25) is 5.82 Å². The van der Waals surface area contributed by atoms with Crippen molar-refractivity contribution in [2.75, 3.05) is 5.32 Å². The number of benzene rings is 1. The molecule has 0 radical (unpaired) electrons.